The Bertz CT molecular complexity index is 546. The average molecular weight is 286 g/mol. The summed E-state index contributed by atoms with van der Waals surface area (Å²) in [5.74, 6) is 0. The first-order chi connectivity index (χ1) is 7.99. The van der Waals surface area contributed by atoms with E-state index in [4.69, 9.17) is 28.9 Å². The van der Waals surface area contributed by atoms with Gasteiger partial charge in [0, 0.05) is 31.4 Å². The van der Waals surface area contributed by atoms with Gasteiger partial charge in [-0.2, -0.15) is 0 Å². The quantitative estimate of drug-likeness (QED) is 0.821. The minimum Gasteiger partial charge on any atom is -0.324 e. The molecule has 0 aliphatic heterocycles. The zero-order valence-electron chi connectivity index (χ0n) is 9.63. The molecule has 1 aromatic carbocycles. The minimum absolute atomic E-state index is 0.0495. The number of thiophene rings is 1. The normalized spacial score (nSPS) is 12.8. The molecular weight excluding hydrogens is 273 g/mol. The first kappa shape index (κ1) is 12.9. The summed E-state index contributed by atoms with van der Waals surface area (Å²) in [5, 5.41) is 1.46. The fourth-order valence-electron chi connectivity index (χ4n) is 1.58. The van der Waals surface area contributed by atoms with Gasteiger partial charge in [-0.05, 0) is 43.7 Å². The smallest absolute Gasteiger partial charge is 0.0496 e. The van der Waals surface area contributed by atoms with Crippen molar-refractivity contribution in [1.82, 2.24) is 0 Å². The molecule has 17 heavy (non-hydrogen) atoms. The molecule has 90 valence electrons. The van der Waals surface area contributed by atoms with Crippen molar-refractivity contribution in [3.05, 3.63) is 44.8 Å². The Morgan fingerprint density at radius 3 is 2.47 bits per heavy atom. The lowest BCUT2D eigenvalue weighted by molar-refractivity contribution is 0.838. The lowest BCUT2D eigenvalue weighted by atomic mass is 10.1. The van der Waals surface area contributed by atoms with E-state index in [0.29, 0.717) is 0 Å². The van der Waals surface area contributed by atoms with E-state index in [1.54, 1.807) is 11.3 Å². The van der Waals surface area contributed by atoms with Gasteiger partial charge in [0.25, 0.3) is 0 Å². The van der Waals surface area contributed by atoms with E-state index in [1.165, 1.54) is 0 Å². The Hall–Kier alpha value is -0.540. The Labute approximate surface area is 115 Å². The summed E-state index contributed by atoms with van der Waals surface area (Å²) < 4.78 is 0. The SMILES string of the molecule is Cc1cc(Cl)c(-c2ccc(C(C)N)s2)cc1Cl. The molecule has 1 unspecified atom stereocenters. The fourth-order valence-corrected chi connectivity index (χ4v) is 3.11. The van der Waals surface area contributed by atoms with Gasteiger partial charge in [-0.15, -0.1) is 11.3 Å². The maximum Gasteiger partial charge on any atom is 0.0496 e. The van der Waals surface area contributed by atoms with Crippen LogP contribution in [0.2, 0.25) is 10.0 Å². The third-order valence-electron chi connectivity index (χ3n) is 2.59. The minimum atomic E-state index is 0.0495. The Kier molecular flexibility index (Phi) is 3.79. The molecule has 1 aromatic heterocycles. The van der Waals surface area contributed by atoms with E-state index >= 15 is 0 Å². The first-order valence-corrected chi connectivity index (χ1v) is 6.87. The van der Waals surface area contributed by atoms with Gasteiger partial charge in [-0.1, -0.05) is 23.2 Å². The predicted molar refractivity (Wildman–Crippen MR) is 77.1 cm³/mol. The fraction of sp³-hybridized carbons (Fsp3) is 0.231. The summed E-state index contributed by atoms with van der Waals surface area (Å²) >= 11 is 14.0. The molecule has 1 nitrogen and oxygen atoms in total. The van der Waals surface area contributed by atoms with Crippen molar-refractivity contribution in [2.45, 2.75) is 19.9 Å². The van der Waals surface area contributed by atoms with Gasteiger partial charge in [0.1, 0.15) is 0 Å². The Morgan fingerprint density at radius 2 is 1.88 bits per heavy atom. The summed E-state index contributed by atoms with van der Waals surface area (Å²) in [6.45, 7) is 3.92. The molecule has 0 fully saturated rings. The second-order valence-corrected chi connectivity index (χ2v) is 6.00. The highest BCUT2D eigenvalue weighted by Gasteiger charge is 2.11. The van der Waals surface area contributed by atoms with E-state index in [-0.39, 0.29) is 6.04 Å². The standard InChI is InChI=1S/C13H13Cl2NS/c1-7-5-11(15)9(6-10(7)14)13-4-3-12(17-13)8(2)16/h3-6,8H,16H2,1-2H3. The van der Waals surface area contributed by atoms with E-state index in [2.05, 4.69) is 0 Å². The highest BCUT2D eigenvalue weighted by Crippen LogP contribution is 2.37. The number of rotatable bonds is 2. The maximum atomic E-state index is 6.24. The molecule has 2 aromatic rings. The second-order valence-electron chi connectivity index (χ2n) is 4.07. The van der Waals surface area contributed by atoms with Crippen molar-refractivity contribution in [1.29, 1.82) is 0 Å². The van der Waals surface area contributed by atoms with Crippen LogP contribution < -0.4 is 5.73 Å². The zero-order valence-corrected chi connectivity index (χ0v) is 12.0. The number of benzene rings is 1. The monoisotopic (exact) mass is 285 g/mol. The topological polar surface area (TPSA) is 26.0 Å². The predicted octanol–water partition coefficient (Wildman–Crippen LogP) is 5.05. The molecule has 1 atom stereocenters. The first-order valence-electron chi connectivity index (χ1n) is 5.30. The van der Waals surface area contributed by atoms with Crippen LogP contribution in [-0.4, -0.2) is 0 Å². The van der Waals surface area contributed by atoms with Crippen LogP contribution >= 0.6 is 34.5 Å². The molecule has 0 aliphatic carbocycles. The molecule has 0 radical (unpaired) electrons. The van der Waals surface area contributed by atoms with Gasteiger partial charge < -0.3 is 5.73 Å². The van der Waals surface area contributed by atoms with Crippen LogP contribution in [0, 0.1) is 6.92 Å². The van der Waals surface area contributed by atoms with E-state index in [1.807, 2.05) is 38.1 Å². The molecule has 4 heteroatoms. The van der Waals surface area contributed by atoms with Gasteiger partial charge in [0.15, 0.2) is 0 Å². The van der Waals surface area contributed by atoms with Crippen LogP contribution in [0.5, 0.6) is 0 Å². The van der Waals surface area contributed by atoms with E-state index in [0.717, 1.165) is 30.9 Å². The summed E-state index contributed by atoms with van der Waals surface area (Å²) in [6, 6.07) is 7.93. The van der Waals surface area contributed by atoms with E-state index in [9.17, 15) is 0 Å². The van der Waals surface area contributed by atoms with Crippen LogP contribution in [0.15, 0.2) is 24.3 Å². The molecule has 0 amide bonds. The summed E-state index contributed by atoms with van der Waals surface area (Å²) in [7, 11) is 0. The number of halogens is 2. The molecule has 0 saturated carbocycles. The summed E-state index contributed by atoms with van der Waals surface area (Å²) in [5.41, 5.74) is 7.81. The summed E-state index contributed by atoms with van der Waals surface area (Å²) in [6.07, 6.45) is 0. The van der Waals surface area contributed by atoms with Crippen molar-refractivity contribution in [2.24, 2.45) is 5.73 Å². The van der Waals surface area contributed by atoms with Gasteiger partial charge in [-0.25, -0.2) is 0 Å². The van der Waals surface area contributed by atoms with Crippen LogP contribution in [0.1, 0.15) is 23.4 Å². The zero-order chi connectivity index (χ0) is 12.6. The van der Waals surface area contributed by atoms with Gasteiger partial charge in [0.2, 0.25) is 0 Å². The number of hydrogen-bond donors (Lipinski definition) is 1. The number of aryl methyl sites for hydroxylation is 1. The largest absolute Gasteiger partial charge is 0.324 e. The molecule has 0 aliphatic rings. The lowest BCUT2D eigenvalue weighted by Gasteiger charge is -2.05. The van der Waals surface area contributed by atoms with Crippen molar-refractivity contribution in [3.63, 3.8) is 0 Å². The number of nitrogens with two attached hydrogens (primary N) is 1. The van der Waals surface area contributed by atoms with Crippen LogP contribution in [0.3, 0.4) is 0 Å². The average Bonchev–Trinajstić information content (AvgIpc) is 2.72. The molecule has 2 rings (SSSR count). The Morgan fingerprint density at radius 1 is 1.18 bits per heavy atom. The molecule has 1 heterocycles. The van der Waals surface area contributed by atoms with E-state index < -0.39 is 0 Å². The van der Waals surface area contributed by atoms with Gasteiger partial charge >= 0.3 is 0 Å². The van der Waals surface area contributed by atoms with Crippen molar-refractivity contribution in [2.75, 3.05) is 0 Å². The molecular formula is C13H13Cl2NS. The van der Waals surface area contributed by atoms with Crippen molar-refractivity contribution >= 4 is 34.5 Å². The van der Waals surface area contributed by atoms with Crippen LogP contribution in [-0.2, 0) is 0 Å². The summed E-state index contributed by atoms with van der Waals surface area (Å²) in [4.78, 5) is 2.25. The van der Waals surface area contributed by atoms with Crippen molar-refractivity contribution in [3.8, 4) is 10.4 Å². The maximum absolute atomic E-state index is 6.24. The van der Waals surface area contributed by atoms with Crippen molar-refractivity contribution < 1.29 is 0 Å². The molecule has 0 saturated heterocycles. The van der Waals surface area contributed by atoms with Gasteiger partial charge in [0.05, 0.1) is 0 Å². The van der Waals surface area contributed by atoms with Crippen LogP contribution in [0.4, 0.5) is 0 Å². The van der Waals surface area contributed by atoms with Crippen LogP contribution in [0.25, 0.3) is 10.4 Å². The highest BCUT2D eigenvalue weighted by molar-refractivity contribution is 7.15. The highest BCUT2D eigenvalue weighted by atomic mass is 35.5. The molecule has 2 N–H and O–H groups in total. The third kappa shape index (κ3) is 2.66. The van der Waals surface area contributed by atoms with Gasteiger partial charge in [-0.3, -0.25) is 0 Å². The second kappa shape index (κ2) is 4.99. The Balaban J connectivity index is 2.49. The third-order valence-corrected chi connectivity index (χ3v) is 4.63. The lowest BCUT2D eigenvalue weighted by Crippen LogP contribution is -2.01. The molecule has 0 bridgehead atoms. The molecule has 0 spiro atoms. The number of hydrogen-bond acceptors (Lipinski definition) is 2.